The van der Waals surface area contributed by atoms with E-state index in [0.717, 1.165) is 25.7 Å². The monoisotopic (exact) mass is 708 g/mol. The summed E-state index contributed by atoms with van der Waals surface area (Å²) in [7, 11) is 0. The topological polar surface area (TPSA) is 0 Å². The highest BCUT2D eigenvalue weighted by molar-refractivity contribution is 6.32. The van der Waals surface area contributed by atoms with Gasteiger partial charge in [-0.15, -0.1) is 0 Å². The molecule has 0 unspecified atom stereocenters. The van der Waals surface area contributed by atoms with Gasteiger partial charge in [0.05, 0.1) is 0 Å². The Hall–Kier alpha value is -5.46. The molecule has 0 spiro atoms. The summed E-state index contributed by atoms with van der Waals surface area (Å²) in [6, 6.07) is 45.9. The predicted molar refractivity (Wildman–Crippen MR) is 238 cm³/mol. The number of fused-ring (bicyclic) bond motifs is 6. The lowest BCUT2D eigenvalue weighted by Crippen LogP contribution is -2.31. The zero-order valence-electron chi connectivity index (χ0n) is 33.3. The molecule has 11 rings (SSSR count). The Bertz CT molecular complexity index is 2910. The first kappa shape index (κ1) is 32.9. The number of rotatable bonds is 5. The maximum absolute atomic E-state index is 2.64. The molecule has 268 valence electrons. The first-order valence-corrected chi connectivity index (χ1v) is 20.7. The molecule has 0 fully saturated rings. The maximum Gasteiger partial charge on any atom is 0.0210 e. The van der Waals surface area contributed by atoms with Crippen LogP contribution in [0.5, 0.6) is 0 Å². The van der Waals surface area contributed by atoms with Crippen molar-refractivity contribution in [3.63, 3.8) is 0 Å². The fourth-order valence-corrected chi connectivity index (χ4v) is 12.1. The molecule has 2 aliphatic carbocycles. The number of benzene rings is 9. The molecule has 0 aliphatic heterocycles. The Morgan fingerprint density at radius 1 is 0.364 bits per heavy atom. The second kappa shape index (κ2) is 11.3. The molecule has 2 aliphatic rings. The Morgan fingerprint density at radius 3 is 1.18 bits per heavy atom. The highest BCUT2D eigenvalue weighted by Gasteiger charge is 2.44. The van der Waals surface area contributed by atoms with Crippen LogP contribution < -0.4 is 0 Å². The molecule has 9 aromatic rings. The van der Waals surface area contributed by atoms with Crippen LogP contribution in [0.1, 0.15) is 92.3 Å². The van der Waals surface area contributed by atoms with E-state index < -0.39 is 0 Å². The summed E-state index contributed by atoms with van der Waals surface area (Å²) < 4.78 is 0. The van der Waals surface area contributed by atoms with Crippen molar-refractivity contribution in [3.05, 3.63) is 154 Å². The molecule has 0 atom stereocenters. The van der Waals surface area contributed by atoms with Crippen molar-refractivity contribution in [1.29, 1.82) is 0 Å². The third kappa shape index (κ3) is 4.08. The van der Waals surface area contributed by atoms with Gasteiger partial charge >= 0.3 is 0 Å². The van der Waals surface area contributed by atoms with Crippen LogP contribution in [-0.2, 0) is 10.8 Å². The van der Waals surface area contributed by atoms with Gasteiger partial charge in [0.25, 0.3) is 0 Å². The molecule has 0 N–H and O–H groups in total. The van der Waals surface area contributed by atoms with Crippen molar-refractivity contribution in [2.75, 3.05) is 0 Å². The van der Waals surface area contributed by atoms with E-state index in [4.69, 9.17) is 0 Å². The SMILES string of the molecule is CCC1(CC)c2cc3ccccc3cc2-c2cc3c4c(cc5cc(-c6c(C)cc(C)cc6C)cc6cc1c2c4c65)C(CC)(CC)c1cc2ccccc2cc1-3. The molecule has 0 radical (unpaired) electrons. The molecule has 0 saturated carbocycles. The molecule has 0 bridgehead atoms. The largest absolute Gasteiger partial charge is 0.0642 e. The number of hydrogen-bond donors (Lipinski definition) is 0. The third-order valence-electron chi connectivity index (χ3n) is 14.7. The third-order valence-corrected chi connectivity index (χ3v) is 14.7. The number of aryl methyl sites for hydroxylation is 3. The van der Waals surface area contributed by atoms with E-state index in [1.165, 1.54) is 126 Å². The van der Waals surface area contributed by atoms with Crippen molar-refractivity contribution in [3.8, 4) is 33.4 Å². The summed E-state index contributed by atoms with van der Waals surface area (Å²) in [6.07, 6.45) is 4.22. The van der Waals surface area contributed by atoms with E-state index in [1.807, 2.05) is 0 Å². The van der Waals surface area contributed by atoms with Gasteiger partial charge < -0.3 is 0 Å². The van der Waals surface area contributed by atoms with Gasteiger partial charge in [0.15, 0.2) is 0 Å². The van der Waals surface area contributed by atoms with Crippen LogP contribution >= 0.6 is 0 Å². The van der Waals surface area contributed by atoms with Gasteiger partial charge in [0.2, 0.25) is 0 Å². The minimum absolute atomic E-state index is 0.0998. The predicted octanol–water partition coefficient (Wildman–Crippen LogP) is 15.7. The van der Waals surface area contributed by atoms with Crippen molar-refractivity contribution < 1.29 is 0 Å². The van der Waals surface area contributed by atoms with Gasteiger partial charge in [0.1, 0.15) is 0 Å². The van der Waals surface area contributed by atoms with Crippen LogP contribution in [0, 0.1) is 20.8 Å². The molecule has 9 aromatic carbocycles. The second-order valence-electron chi connectivity index (χ2n) is 17.1. The molecule has 0 heteroatoms. The second-order valence-corrected chi connectivity index (χ2v) is 17.1. The lowest BCUT2D eigenvalue weighted by Gasteiger charge is -2.44. The molecular formula is C55H48. The van der Waals surface area contributed by atoms with Crippen LogP contribution in [0.15, 0.2) is 115 Å². The van der Waals surface area contributed by atoms with Crippen molar-refractivity contribution in [2.45, 2.75) is 85.0 Å². The van der Waals surface area contributed by atoms with E-state index in [1.54, 1.807) is 0 Å². The van der Waals surface area contributed by atoms with Gasteiger partial charge in [-0.05, 0) is 222 Å². The van der Waals surface area contributed by atoms with Gasteiger partial charge in [-0.3, -0.25) is 0 Å². The van der Waals surface area contributed by atoms with E-state index in [-0.39, 0.29) is 10.8 Å². The highest BCUT2D eigenvalue weighted by Crippen LogP contribution is 2.61. The highest BCUT2D eigenvalue weighted by atomic mass is 14.5. The van der Waals surface area contributed by atoms with E-state index in [2.05, 4.69) is 164 Å². The molecule has 0 heterocycles. The lowest BCUT2D eigenvalue weighted by atomic mass is 9.59. The van der Waals surface area contributed by atoms with Crippen molar-refractivity contribution in [2.24, 2.45) is 0 Å². The quantitative estimate of drug-likeness (QED) is 0.156. The van der Waals surface area contributed by atoms with Crippen LogP contribution in [0.2, 0.25) is 0 Å². The number of hydrogen-bond acceptors (Lipinski definition) is 0. The average Bonchev–Trinajstić information content (AvgIpc) is 3.19. The van der Waals surface area contributed by atoms with E-state index in [0.29, 0.717) is 0 Å². The minimum atomic E-state index is -0.0998. The fourth-order valence-electron chi connectivity index (χ4n) is 12.1. The summed E-state index contributed by atoms with van der Waals surface area (Å²) in [6.45, 7) is 16.5. The minimum Gasteiger partial charge on any atom is -0.0642 e. The first-order valence-electron chi connectivity index (χ1n) is 20.7. The van der Waals surface area contributed by atoms with Gasteiger partial charge in [-0.2, -0.15) is 0 Å². The summed E-state index contributed by atoms with van der Waals surface area (Å²) in [5.74, 6) is 0. The normalized spacial score (nSPS) is 15.0. The summed E-state index contributed by atoms with van der Waals surface area (Å²) in [5.41, 5.74) is 18.2. The zero-order chi connectivity index (χ0) is 37.5. The van der Waals surface area contributed by atoms with Crippen molar-refractivity contribution in [1.82, 2.24) is 0 Å². The Morgan fingerprint density at radius 2 is 0.764 bits per heavy atom. The molecular weight excluding hydrogens is 661 g/mol. The summed E-state index contributed by atoms with van der Waals surface area (Å²) in [4.78, 5) is 0. The standard InChI is InChI=1S/C55H48/c1-8-54(9-2)45-26-36-18-14-12-16-34(36)24-41(45)43-30-44-42-25-35-17-13-15-19-37(35)27-46(42)55(10-3,11-4)48-29-40-23-38(49-32(6)20-31(5)21-33(49)7)22-39-28-47(54)51(43)53(50(39)40)52(44)48/h12-30H,8-11H2,1-7H3. The molecule has 0 nitrogen and oxygen atoms in total. The van der Waals surface area contributed by atoms with Gasteiger partial charge in [-0.25, -0.2) is 0 Å². The molecule has 0 aromatic heterocycles. The van der Waals surface area contributed by atoms with Crippen LogP contribution in [0.25, 0.3) is 87.2 Å². The Kier molecular flexibility index (Phi) is 6.76. The molecule has 0 amide bonds. The first-order chi connectivity index (χ1) is 26.7. The maximum atomic E-state index is 2.64. The Labute approximate surface area is 325 Å². The van der Waals surface area contributed by atoms with Gasteiger partial charge in [0, 0.05) is 10.8 Å². The summed E-state index contributed by atoms with van der Waals surface area (Å²) in [5, 5.41) is 14.0. The van der Waals surface area contributed by atoms with E-state index in [9.17, 15) is 0 Å². The average molecular weight is 709 g/mol. The lowest BCUT2D eigenvalue weighted by molar-refractivity contribution is 0.481. The van der Waals surface area contributed by atoms with Crippen molar-refractivity contribution >= 4 is 53.9 Å². The molecule has 0 saturated heterocycles. The smallest absolute Gasteiger partial charge is 0.0210 e. The fraction of sp³-hybridized carbons (Fsp3) is 0.236. The van der Waals surface area contributed by atoms with Gasteiger partial charge in [-0.1, -0.05) is 93.9 Å². The van der Waals surface area contributed by atoms with E-state index >= 15 is 0 Å². The van der Waals surface area contributed by atoms with Crippen LogP contribution in [-0.4, -0.2) is 0 Å². The Balaban J connectivity index is 1.41. The summed E-state index contributed by atoms with van der Waals surface area (Å²) >= 11 is 0. The molecule has 55 heavy (non-hydrogen) atoms. The zero-order valence-corrected chi connectivity index (χ0v) is 33.3. The van der Waals surface area contributed by atoms with Crippen LogP contribution in [0.3, 0.4) is 0 Å². The van der Waals surface area contributed by atoms with Crippen LogP contribution in [0.4, 0.5) is 0 Å².